The number of rotatable bonds is 14. The molecule has 5 rings (SSSR count). The van der Waals surface area contributed by atoms with Gasteiger partial charge < -0.3 is 9.97 Å². The van der Waals surface area contributed by atoms with Crippen LogP contribution in [-0.2, 0) is 13.1 Å². The first-order valence-electron chi connectivity index (χ1n) is 13.2. The average molecular weight is 628 g/mol. The number of unbranched alkanes of at least 4 members (excludes halogenated alkanes) is 4. The Morgan fingerprint density at radius 3 is 1.82 bits per heavy atom. The van der Waals surface area contributed by atoms with Gasteiger partial charge in [-0.15, -0.1) is 0 Å². The molecule has 204 valence electrons. The number of nitrogens with zero attached hydrogens (tertiary/aromatic N) is 4. The predicted octanol–water partition coefficient (Wildman–Crippen LogP) is 6.45. The number of benzene rings is 2. The molecule has 0 aliphatic rings. The number of fused-ring (bicyclic) bond motifs is 2. The molecule has 39 heavy (non-hydrogen) atoms. The molecule has 0 unspecified atom stereocenters. The van der Waals surface area contributed by atoms with Crippen molar-refractivity contribution >= 4 is 61.5 Å². The van der Waals surface area contributed by atoms with Crippen molar-refractivity contribution in [1.82, 2.24) is 29.1 Å². The Bertz CT molecular complexity index is 1590. The molecule has 0 aliphatic carbocycles. The number of para-hydroxylation sites is 4. The summed E-state index contributed by atoms with van der Waals surface area (Å²) in [5.74, 6) is 1.90. The van der Waals surface area contributed by atoms with Gasteiger partial charge >= 0.3 is 5.69 Å². The standard InChI is InChI=1S/C28H31BrN6O2S2/c29-20-19-34(15-7-1-9-17-38-26-30-21-11-3-4-12-22(21)31-26)28(37)35(25(20)36)16-8-2-10-18-39-27-32-23-13-5-6-14-24(23)33-27/h3-6,11-14,19H,1-2,7-10,15-18H2,(H,30,31)(H,32,33). The van der Waals surface area contributed by atoms with E-state index in [0.717, 1.165) is 82.4 Å². The molecular weight excluding hydrogens is 596 g/mol. The number of hydrogen-bond acceptors (Lipinski definition) is 6. The Kier molecular flexibility index (Phi) is 9.65. The number of aromatic nitrogens is 6. The molecule has 5 aromatic rings. The van der Waals surface area contributed by atoms with Crippen molar-refractivity contribution in [2.45, 2.75) is 61.9 Å². The summed E-state index contributed by atoms with van der Waals surface area (Å²) >= 11 is 6.78. The lowest BCUT2D eigenvalue weighted by Crippen LogP contribution is -2.40. The van der Waals surface area contributed by atoms with Gasteiger partial charge in [0.2, 0.25) is 0 Å². The van der Waals surface area contributed by atoms with Crippen molar-refractivity contribution < 1.29 is 0 Å². The lowest BCUT2D eigenvalue weighted by Gasteiger charge is -2.11. The number of H-pyrrole nitrogens is 2. The molecule has 3 heterocycles. The minimum absolute atomic E-state index is 0.225. The van der Waals surface area contributed by atoms with Crippen molar-refractivity contribution in [3.63, 3.8) is 0 Å². The molecule has 2 aromatic carbocycles. The number of aryl methyl sites for hydroxylation is 1. The molecule has 0 saturated heterocycles. The minimum Gasteiger partial charge on any atom is -0.333 e. The highest BCUT2D eigenvalue weighted by molar-refractivity contribution is 9.10. The van der Waals surface area contributed by atoms with Crippen molar-refractivity contribution in [3.8, 4) is 0 Å². The third-order valence-electron chi connectivity index (χ3n) is 6.48. The van der Waals surface area contributed by atoms with Gasteiger partial charge in [0.05, 0.1) is 26.5 Å². The SMILES string of the molecule is O=c1c(Br)cn(CCCCCSc2nc3ccccc3[nH]2)c(=O)n1CCCCCSc1nc2ccccc2[nH]1. The summed E-state index contributed by atoms with van der Waals surface area (Å²) in [5.41, 5.74) is 3.59. The van der Waals surface area contributed by atoms with Crippen LogP contribution in [0.15, 0.2) is 79.1 Å². The second-order valence-corrected chi connectivity index (χ2v) is 12.4. The number of nitrogens with one attached hydrogen (secondary N) is 2. The summed E-state index contributed by atoms with van der Waals surface area (Å²) in [6, 6.07) is 16.0. The monoisotopic (exact) mass is 626 g/mol. The second-order valence-electron chi connectivity index (χ2n) is 9.35. The van der Waals surface area contributed by atoms with Crippen molar-refractivity contribution in [3.05, 3.63) is 80.0 Å². The lowest BCUT2D eigenvalue weighted by atomic mass is 10.2. The first-order chi connectivity index (χ1) is 19.1. The molecule has 0 atom stereocenters. The average Bonchev–Trinajstić information content (AvgIpc) is 3.55. The van der Waals surface area contributed by atoms with E-state index in [1.807, 2.05) is 48.5 Å². The molecule has 0 amide bonds. The van der Waals surface area contributed by atoms with Gasteiger partial charge in [-0.2, -0.15) is 0 Å². The predicted molar refractivity (Wildman–Crippen MR) is 164 cm³/mol. The fraction of sp³-hybridized carbons (Fsp3) is 0.357. The van der Waals surface area contributed by atoms with E-state index >= 15 is 0 Å². The Hall–Kier alpha value is -2.76. The molecule has 2 N–H and O–H groups in total. The largest absolute Gasteiger partial charge is 0.333 e. The molecule has 0 bridgehead atoms. The highest BCUT2D eigenvalue weighted by atomic mass is 79.9. The zero-order valence-corrected chi connectivity index (χ0v) is 24.8. The van der Waals surface area contributed by atoms with Gasteiger partial charge in [-0.1, -0.05) is 60.6 Å². The molecule has 0 aliphatic heterocycles. The van der Waals surface area contributed by atoms with Gasteiger partial charge in [-0.25, -0.2) is 14.8 Å². The molecule has 0 saturated carbocycles. The summed E-state index contributed by atoms with van der Waals surface area (Å²) in [4.78, 5) is 41.5. The maximum atomic E-state index is 13.0. The van der Waals surface area contributed by atoms with Gasteiger partial charge in [0.25, 0.3) is 5.56 Å². The van der Waals surface area contributed by atoms with Crippen LogP contribution in [0.25, 0.3) is 22.1 Å². The van der Waals surface area contributed by atoms with E-state index in [-0.39, 0.29) is 11.2 Å². The first kappa shape index (κ1) is 27.8. The number of imidazole rings is 2. The Labute approximate surface area is 243 Å². The molecule has 3 aromatic heterocycles. The topological polar surface area (TPSA) is 101 Å². The van der Waals surface area contributed by atoms with Crippen LogP contribution < -0.4 is 11.2 Å². The summed E-state index contributed by atoms with van der Waals surface area (Å²) in [7, 11) is 0. The smallest absolute Gasteiger partial charge is 0.331 e. The Morgan fingerprint density at radius 1 is 0.718 bits per heavy atom. The van der Waals surface area contributed by atoms with Gasteiger partial charge in [0, 0.05) is 30.8 Å². The number of aromatic amines is 2. The fourth-order valence-corrected chi connectivity index (χ4v) is 6.65. The summed E-state index contributed by atoms with van der Waals surface area (Å²) < 4.78 is 3.46. The quantitative estimate of drug-likeness (QED) is 0.108. The van der Waals surface area contributed by atoms with Gasteiger partial charge in [-0.3, -0.25) is 13.9 Å². The third kappa shape index (κ3) is 7.26. The van der Waals surface area contributed by atoms with Crippen LogP contribution in [0.1, 0.15) is 38.5 Å². The van der Waals surface area contributed by atoms with Gasteiger partial charge in [0.15, 0.2) is 10.3 Å². The maximum absolute atomic E-state index is 13.0. The highest BCUT2D eigenvalue weighted by Crippen LogP contribution is 2.21. The van der Waals surface area contributed by atoms with Crippen molar-refractivity contribution in [2.75, 3.05) is 11.5 Å². The molecule has 8 nitrogen and oxygen atoms in total. The van der Waals surface area contributed by atoms with Crippen molar-refractivity contribution in [1.29, 1.82) is 0 Å². The van der Waals surface area contributed by atoms with Crippen LogP contribution in [0.2, 0.25) is 0 Å². The van der Waals surface area contributed by atoms with Gasteiger partial charge in [-0.05, 0) is 65.9 Å². The molecule has 0 radical (unpaired) electrons. The highest BCUT2D eigenvalue weighted by Gasteiger charge is 2.10. The number of thioether (sulfide) groups is 2. The zero-order chi connectivity index (χ0) is 27.0. The van der Waals surface area contributed by atoms with E-state index in [1.165, 1.54) is 4.57 Å². The van der Waals surface area contributed by atoms with Crippen LogP contribution in [0, 0.1) is 0 Å². The molecule has 0 fully saturated rings. The summed E-state index contributed by atoms with van der Waals surface area (Å²) in [5, 5.41) is 1.87. The first-order valence-corrected chi connectivity index (χ1v) is 16.0. The maximum Gasteiger partial charge on any atom is 0.331 e. The molecule has 11 heteroatoms. The van der Waals surface area contributed by atoms with Crippen LogP contribution in [0.3, 0.4) is 0 Å². The summed E-state index contributed by atoms with van der Waals surface area (Å²) in [6.45, 7) is 1.03. The number of halogens is 1. The fourth-order valence-electron chi connectivity index (χ4n) is 4.42. The second kappa shape index (κ2) is 13.5. The van der Waals surface area contributed by atoms with E-state index in [2.05, 4.69) is 35.9 Å². The van der Waals surface area contributed by atoms with Crippen LogP contribution in [-0.4, -0.2) is 40.6 Å². The van der Waals surface area contributed by atoms with E-state index in [0.29, 0.717) is 17.6 Å². The van der Waals surface area contributed by atoms with E-state index in [9.17, 15) is 9.59 Å². The van der Waals surface area contributed by atoms with Crippen LogP contribution in [0.5, 0.6) is 0 Å². The van der Waals surface area contributed by atoms with Gasteiger partial charge in [0.1, 0.15) is 0 Å². The van der Waals surface area contributed by atoms with E-state index < -0.39 is 0 Å². The third-order valence-corrected chi connectivity index (χ3v) is 8.94. The van der Waals surface area contributed by atoms with Crippen LogP contribution in [0.4, 0.5) is 0 Å². The Morgan fingerprint density at radius 2 is 1.26 bits per heavy atom. The summed E-state index contributed by atoms with van der Waals surface area (Å²) in [6.07, 6.45) is 7.26. The molecule has 0 spiro atoms. The van der Waals surface area contributed by atoms with E-state index in [1.54, 1.807) is 34.3 Å². The zero-order valence-electron chi connectivity index (χ0n) is 21.6. The number of hydrogen-bond donors (Lipinski definition) is 2. The minimum atomic E-state index is -0.255. The van der Waals surface area contributed by atoms with Crippen LogP contribution >= 0.6 is 39.5 Å². The Balaban J connectivity index is 1.03. The lowest BCUT2D eigenvalue weighted by molar-refractivity contribution is 0.502. The van der Waals surface area contributed by atoms with Crippen molar-refractivity contribution in [2.24, 2.45) is 0 Å². The molecular formula is C28H31BrN6O2S2. The normalized spacial score (nSPS) is 11.6. The van der Waals surface area contributed by atoms with E-state index in [4.69, 9.17) is 0 Å².